The summed E-state index contributed by atoms with van der Waals surface area (Å²) in [5, 5.41) is 14.6. The highest BCUT2D eigenvalue weighted by Gasteiger charge is 2.42. The van der Waals surface area contributed by atoms with Crippen LogP contribution in [0.4, 0.5) is 5.69 Å². The molecule has 1 aliphatic rings. The first kappa shape index (κ1) is 20.8. The van der Waals surface area contributed by atoms with Gasteiger partial charge in [0, 0.05) is 17.4 Å². The van der Waals surface area contributed by atoms with E-state index in [0.717, 1.165) is 16.9 Å². The molecule has 3 heterocycles. The summed E-state index contributed by atoms with van der Waals surface area (Å²) in [5.74, 6) is 1.56. The minimum absolute atomic E-state index is 0.185. The summed E-state index contributed by atoms with van der Waals surface area (Å²) in [6.07, 6.45) is 1.75. The largest absolute Gasteiger partial charge is 0.508 e. The van der Waals surface area contributed by atoms with Crippen molar-refractivity contribution in [1.82, 2.24) is 10.3 Å². The molecular formula is C24H17Cl2N3O2S. The maximum Gasteiger partial charge on any atom is 0.174 e. The first-order valence-electron chi connectivity index (χ1n) is 9.86. The van der Waals surface area contributed by atoms with Gasteiger partial charge in [0.1, 0.15) is 23.3 Å². The molecule has 0 bridgehead atoms. The second kappa shape index (κ2) is 8.47. The molecule has 2 aromatic carbocycles. The molecule has 160 valence electrons. The van der Waals surface area contributed by atoms with Crippen LogP contribution in [0.3, 0.4) is 0 Å². The highest BCUT2D eigenvalue weighted by molar-refractivity contribution is 7.80. The van der Waals surface area contributed by atoms with E-state index in [0.29, 0.717) is 26.7 Å². The minimum atomic E-state index is -0.293. The van der Waals surface area contributed by atoms with Gasteiger partial charge in [-0.3, -0.25) is 4.98 Å². The molecule has 1 aliphatic heterocycles. The summed E-state index contributed by atoms with van der Waals surface area (Å²) in [7, 11) is 0. The number of aromatic hydroxyl groups is 1. The van der Waals surface area contributed by atoms with Crippen LogP contribution in [0.1, 0.15) is 23.5 Å². The predicted octanol–water partition coefficient (Wildman–Crippen LogP) is 6.53. The number of nitrogens with one attached hydrogen (secondary N) is 1. The van der Waals surface area contributed by atoms with Crippen molar-refractivity contribution in [3.8, 4) is 17.1 Å². The number of aromatic nitrogens is 1. The summed E-state index contributed by atoms with van der Waals surface area (Å²) in [6, 6.07) is 21.4. The molecule has 1 saturated heterocycles. The van der Waals surface area contributed by atoms with E-state index in [1.807, 2.05) is 53.4 Å². The molecule has 1 fully saturated rings. The third-order valence-corrected chi connectivity index (χ3v) is 6.40. The van der Waals surface area contributed by atoms with Crippen molar-refractivity contribution in [2.45, 2.75) is 12.1 Å². The molecule has 32 heavy (non-hydrogen) atoms. The Kier molecular flexibility index (Phi) is 5.51. The van der Waals surface area contributed by atoms with E-state index in [4.69, 9.17) is 39.8 Å². The number of anilines is 1. The smallest absolute Gasteiger partial charge is 0.174 e. The Morgan fingerprint density at radius 3 is 2.50 bits per heavy atom. The van der Waals surface area contributed by atoms with Gasteiger partial charge in [-0.05, 0) is 78.9 Å². The van der Waals surface area contributed by atoms with Gasteiger partial charge in [-0.1, -0.05) is 29.3 Å². The predicted molar refractivity (Wildman–Crippen MR) is 130 cm³/mol. The van der Waals surface area contributed by atoms with Gasteiger partial charge < -0.3 is 19.7 Å². The van der Waals surface area contributed by atoms with Crippen LogP contribution < -0.4 is 10.2 Å². The van der Waals surface area contributed by atoms with E-state index in [2.05, 4.69) is 10.3 Å². The molecule has 2 N–H and O–H groups in total. The maximum absolute atomic E-state index is 9.73. The van der Waals surface area contributed by atoms with Gasteiger partial charge in [0.05, 0.1) is 21.8 Å². The molecule has 0 amide bonds. The fourth-order valence-corrected chi connectivity index (χ4v) is 4.50. The van der Waals surface area contributed by atoms with Crippen molar-refractivity contribution in [2.75, 3.05) is 4.90 Å². The third kappa shape index (κ3) is 3.81. The second-order valence-corrected chi connectivity index (χ2v) is 8.55. The molecule has 0 aliphatic carbocycles. The van der Waals surface area contributed by atoms with Crippen molar-refractivity contribution in [2.24, 2.45) is 0 Å². The summed E-state index contributed by atoms with van der Waals surface area (Å²) in [6.45, 7) is 0. The zero-order valence-corrected chi connectivity index (χ0v) is 18.9. The van der Waals surface area contributed by atoms with Crippen molar-refractivity contribution < 1.29 is 9.52 Å². The van der Waals surface area contributed by atoms with E-state index in [1.54, 1.807) is 30.5 Å². The molecule has 8 heteroatoms. The zero-order valence-electron chi connectivity index (χ0n) is 16.6. The number of thiocarbonyl (C=S) groups is 1. The summed E-state index contributed by atoms with van der Waals surface area (Å²) < 4.78 is 6.30. The van der Waals surface area contributed by atoms with Crippen LogP contribution in [0.2, 0.25) is 10.0 Å². The van der Waals surface area contributed by atoms with Crippen LogP contribution in [0.5, 0.6) is 5.75 Å². The van der Waals surface area contributed by atoms with Gasteiger partial charge >= 0.3 is 0 Å². The molecule has 4 aromatic rings. The Balaban J connectivity index is 1.59. The summed E-state index contributed by atoms with van der Waals surface area (Å²) in [4.78, 5) is 6.51. The second-order valence-electron chi connectivity index (χ2n) is 7.34. The number of nitrogens with zero attached hydrogens (tertiary/aromatic N) is 2. The first-order chi connectivity index (χ1) is 15.5. The lowest BCUT2D eigenvalue weighted by Crippen LogP contribution is -2.29. The van der Waals surface area contributed by atoms with E-state index >= 15 is 0 Å². The van der Waals surface area contributed by atoms with Crippen molar-refractivity contribution in [3.05, 3.63) is 100 Å². The van der Waals surface area contributed by atoms with Crippen molar-refractivity contribution in [3.63, 3.8) is 0 Å². The number of rotatable bonds is 4. The third-order valence-electron chi connectivity index (χ3n) is 5.35. The molecule has 5 nitrogen and oxygen atoms in total. The van der Waals surface area contributed by atoms with E-state index in [1.165, 1.54) is 0 Å². The van der Waals surface area contributed by atoms with E-state index in [-0.39, 0.29) is 17.8 Å². The quantitative estimate of drug-likeness (QED) is 0.323. The lowest BCUT2D eigenvalue weighted by atomic mass is 10.0. The average molecular weight is 482 g/mol. The highest BCUT2D eigenvalue weighted by Crippen LogP contribution is 2.43. The molecule has 2 aromatic heterocycles. The Labute approximate surface area is 200 Å². The van der Waals surface area contributed by atoms with Gasteiger partial charge in [0.25, 0.3) is 0 Å². The number of benzene rings is 2. The number of pyridine rings is 1. The van der Waals surface area contributed by atoms with Crippen LogP contribution in [-0.2, 0) is 0 Å². The minimum Gasteiger partial charge on any atom is -0.508 e. The fourth-order valence-electron chi connectivity index (χ4n) is 3.85. The maximum atomic E-state index is 9.73. The van der Waals surface area contributed by atoms with Crippen LogP contribution in [-0.4, -0.2) is 15.2 Å². The average Bonchev–Trinajstić information content (AvgIpc) is 3.41. The molecule has 2 unspecified atom stereocenters. The summed E-state index contributed by atoms with van der Waals surface area (Å²) in [5.41, 5.74) is 2.49. The van der Waals surface area contributed by atoms with Gasteiger partial charge in [0.2, 0.25) is 0 Å². The normalized spacial score (nSPS) is 18.1. The standard InChI is InChI=1S/C24H17Cl2N3O2S/c25-17-9-4-14(13-18(17)26)20-10-11-21(31-20)23-22(19-3-1-2-12-27-19)28-24(32)29(23)15-5-7-16(30)8-6-15/h1-13,22-23,30H,(H,28,32). The zero-order chi connectivity index (χ0) is 22.2. The highest BCUT2D eigenvalue weighted by atomic mass is 35.5. The fraction of sp³-hybridized carbons (Fsp3) is 0.0833. The molecule has 5 rings (SSSR count). The van der Waals surface area contributed by atoms with Crippen LogP contribution in [0, 0.1) is 0 Å². The number of phenolic OH excluding ortho intramolecular Hbond substituents is 1. The first-order valence-corrected chi connectivity index (χ1v) is 11.0. The molecule has 2 atom stereocenters. The Morgan fingerprint density at radius 1 is 0.969 bits per heavy atom. The topological polar surface area (TPSA) is 61.5 Å². The lowest BCUT2D eigenvalue weighted by molar-refractivity contribution is 0.439. The molecule has 0 spiro atoms. The molecule has 0 radical (unpaired) electrons. The number of hydrogen-bond donors (Lipinski definition) is 2. The van der Waals surface area contributed by atoms with Crippen molar-refractivity contribution in [1.29, 1.82) is 0 Å². The number of phenols is 1. The van der Waals surface area contributed by atoms with E-state index < -0.39 is 0 Å². The van der Waals surface area contributed by atoms with Gasteiger partial charge in [-0.15, -0.1) is 0 Å². The van der Waals surface area contributed by atoms with Gasteiger partial charge in [-0.25, -0.2) is 0 Å². The van der Waals surface area contributed by atoms with Crippen molar-refractivity contribution >= 4 is 46.2 Å². The SMILES string of the molecule is Oc1ccc(N2C(=S)NC(c3ccccn3)C2c2ccc(-c3ccc(Cl)c(Cl)c3)o2)cc1. The number of hydrogen-bond acceptors (Lipinski definition) is 4. The van der Waals surface area contributed by atoms with Crippen LogP contribution in [0.15, 0.2) is 83.4 Å². The van der Waals surface area contributed by atoms with Gasteiger partial charge in [0.15, 0.2) is 5.11 Å². The monoisotopic (exact) mass is 481 g/mol. The Hall–Kier alpha value is -3.06. The molecule has 0 saturated carbocycles. The van der Waals surface area contributed by atoms with Crippen LogP contribution in [0.25, 0.3) is 11.3 Å². The van der Waals surface area contributed by atoms with E-state index in [9.17, 15) is 5.11 Å². The summed E-state index contributed by atoms with van der Waals surface area (Å²) >= 11 is 18.0. The number of furan rings is 1. The molecular weight excluding hydrogens is 465 g/mol. The Morgan fingerprint density at radius 2 is 1.78 bits per heavy atom. The lowest BCUT2D eigenvalue weighted by Gasteiger charge is -2.26. The number of halogens is 2. The van der Waals surface area contributed by atoms with Gasteiger partial charge in [-0.2, -0.15) is 0 Å². The van der Waals surface area contributed by atoms with Crippen LogP contribution >= 0.6 is 35.4 Å². The Bertz CT molecular complexity index is 1280.